The molecule has 20 heavy (non-hydrogen) atoms. The lowest BCUT2D eigenvalue weighted by Gasteiger charge is -2.24. The van der Waals surface area contributed by atoms with Gasteiger partial charge in [-0.1, -0.05) is 25.0 Å². The van der Waals surface area contributed by atoms with Crippen LogP contribution in [0.1, 0.15) is 49.7 Å². The first kappa shape index (κ1) is 13.9. The third kappa shape index (κ3) is 2.84. The van der Waals surface area contributed by atoms with Crippen molar-refractivity contribution < 1.29 is 9.47 Å². The fourth-order valence-electron chi connectivity index (χ4n) is 3.51. The highest BCUT2D eigenvalue weighted by Crippen LogP contribution is 2.43. The number of hydrogen-bond acceptors (Lipinski definition) is 3. The Kier molecular flexibility index (Phi) is 3.99. The molecule has 1 aromatic carbocycles. The molecule has 3 rings (SSSR count). The van der Waals surface area contributed by atoms with E-state index in [-0.39, 0.29) is 11.7 Å². The molecule has 110 valence electrons. The van der Waals surface area contributed by atoms with Crippen molar-refractivity contribution in [1.29, 1.82) is 0 Å². The molecule has 1 spiro atoms. The Hall–Kier alpha value is -1.06. The van der Waals surface area contributed by atoms with Gasteiger partial charge in [0.05, 0.1) is 11.7 Å². The second-order valence-electron chi connectivity index (χ2n) is 6.28. The van der Waals surface area contributed by atoms with Crippen molar-refractivity contribution in [3.63, 3.8) is 0 Å². The molecule has 0 radical (unpaired) electrons. The summed E-state index contributed by atoms with van der Waals surface area (Å²) in [6.45, 7) is 3.29. The molecule has 0 aromatic heterocycles. The molecule has 1 atom stereocenters. The van der Waals surface area contributed by atoms with Crippen LogP contribution in [-0.2, 0) is 11.3 Å². The van der Waals surface area contributed by atoms with Crippen LogP contribution in [0.3, 0.4) is 0 Å². The molecule has 1 aromatic rings. The van der Waals surface area contributed by atoms with Crippen LogP contribution in [0, 0.1) is 6.92 Å². The Labute approximate surface area is 121 Å². The van der Waals surface area contributed by atoms with E-state index in [4.69, 9.17) is 15.2 Å². The molecule has 3 heteroatoms. The monoisotopic (exact) mass is 275 g/mol. The van der Waals surface area contributed by atoms with Gasteiger partial charge in [0.1, 0.15) is 12.4 Å². The number of hydrogen-bond donors (Lipinski definition) is 1. The maximum absolute atomic E-state index is 6.28. The third-order valence-electron chi connectivity index (χ3n) is 4.77. The average Bonchev–Trinajstić information content (AvgIpc) is 3.09. The van der Waals surface area contributed by atoms with Crippen LogP contribution in [0.15, 0.2) is 18.2 Å². The molecule has 1 saturated heterocycles. The second-order valence-corrected chi connectivity index (χ2v) is 6.28. The maximum Gasteiger partial charge on any atom is 0.122 e. The van der Waals surface area contributed by atoms with Crippen molar-refractivity contribution >= 4 is 0 Å². The van der Waals surface area contributed by atoms with E-state index in [9.17, 15) is 0 Å². The summed E-state index contributed by atoms with van der Waals surface area (Å²) >= 11 is 0. The van der Waals surface area contributed by atoms with Gasteiger partial charge in [0.15, 0.2) is 0 Å². The molecule has 1 aliphatic heterocycles. The van der Waals surface area contributed by atoms with Crippen molar-refractivity contribution in [3.8, 4) is 5.75 Å². The van der Waals surface area contributed by atoms with Gasteiger partial charge in [-0.2, -0.15) is 0 Å². The largest absolute Gasteiger partial charge is 0.491 e. The molecule has 1 unspecified atom stereocenters. The molecule has 1 aliphatic carbocycles. The van der Waals surface area contributed by atoms with Crippen LogP contribution in [0.2, 0.25) is 0 Å². The summed E-state index contributed by atoms with van der Waals surface area (Å²) in [5.41, 5.74) is 8.16. The SMILES string of the molecule is Cc1ccc(CN)cc1OCC1CCC2(CCCC2)O1. The fraction of sp³-hybridized carbons (Fsp3) is 0.647. The highest BCUT2D eigenvalue weighted by Gasteiger charge is 2.42. The summed E-state index contributed by atoms with van der Waals surface area (Å²) in [5, 5.41) is 0. The first-order chi connectivity index (χ1) is 9.71. The second kappa shape index (κ2) is 5.74. The van der Waals surface area contributed by atoms with Gasteiger partial charge in [-0.15, -0.1) is 0 Å². The lowest BCUT2D eigenvalue weighted by atomic mass is 9.98. The Morgan fingerprint density at radius 3 is 2.85 bits per heavy atom. The quantitative estimate of drug-likeness (QED) is 0.916. The van der Waals surface area contributed by atoms with Gasteiger partial charge in [0.25, 0.3) is 0 Å². The van der Waals surface area contributed by atoms with E-state index in [1.165, 1.54) is 32.1 Å². The van der Waals surface area contributed by atoms with Crippen LogP contribution < -0.4 is 10.5 Å². The van der Waals surface area contributed by atoms with Gasteiger partial charge in [-0.3, -0.25) is 0 Å². The predicted molar refractivity (Wildman–Crippen MR) is 79.9 cm³/mol. The normalized spacial score (nSPS) is 24.4. The van der Waals surface area contributed by atoms with Crippen LogP contribution in [0.5, 0.6) is 5.75 Å². The minimum atomic E-state index is 0.197. The number of nitrogens with two attached hydrogens (primary N) is 1. The van der Waals surface area contributed by atoms with Gasteiger partial charge in [-0.05, 0) is 49.8 Å². The van der Waals surface area contributed by atoms with Gasteiger partial charge in [0, 0.05) is 6.54 Å². The van der Waals surface area contributed by atoms with Crippen LogP contribution >= 0.6 is 0 Å². The average molecular weight is 275 g/mol. The van der Waals surface area contributed by atoms with Crippen molar-refractivity contribution in [2.24, 2.45) is 5.73 Å². The molecule has 1 heterocycles. The van der Waals surface area contributed by atoms with Crippen LogP contribution in [-0.4, -0.2) is 18.3 Å². The minimum absolute atomic E-state index is 0.197. The first-order valence-corrected chi connectivity index (χ1v) is 7.81. The van der Waals surface area contributed by atoms with E-state index in [2.05, 4.69) is 25.1 Å². The highest BCUT2D eigenvalue weighted by atomic mass is 16.6. The molecule has 2 N–H and O–H groups in total. The molecule has 2 fully saturated rings. The van der Waals surface area contributed by atoms with Gasteiger partial charge < -0.3 is 15.2 Å². The first-order valence-electron chi connectivity index (χ1n) is 7.81. The Morgan fingerprint density at radius 2 is 2.10 bits per heavy atom. The molecule has 1 saturated carbocycles. The van der Waals surface area contributed by atoms with Crippen molar-refractivity contribution in [3.05, 3.63) is 29.3 Å². The van der Waals surface area contributed by atoms with Gasteiger partial charge in [0.2, 0.25) is 0 Å². The summed E-state index contributed by atoms with van der Waals surface area (Å²) in [6.07, 6.45) is 7.74. The van der Waals surface area contributed by atoms with Crippen molar-refractivity contribution in [1.82, 2.24) is 0 Å². The van der Waals surface area contributed by atoms with Crippen molar-refractivity contribution in [2.45, 2.75) is 63.7 Å². The number of ether oxygens (including phenoxy) is 2. The third-order valence-corrected chi connectivity index (χ3v) is 4.77. The lowest BCUT2D eigenvalue weighted by molar-refractivity contribution is -0.0509. The summed E-state index contributed by atoms with van der Waals surface area (Å²) in [4.78, 5) is 0. The molecular weight excluding hydrogens is 250 g/mol. The summed E-state index contributed by atoms with van der Waals surface area (Å²) in [5.74, 6) is 0.948. The molecule has 2 aliphatic rings. The molecule has 0 amide bonds. The summed E-state index contributed by atoms with van der Waals surface area (Å²) in [7, 11) is 0. The smallest absolute Gasteiger partial charge is 0.122 e. The standard InChI is InChI=1S/C17H25NO2/c1-13-4-5-14(11-18)10-16(13)19-12-15-6-9-17(20-15)7-2-3-8-17/h4-5,10,15H,2-3,6-9,11-12,18H2,1H3. The zero-order valence-corrected chi connectivity index (χ0v) is 12.4. The predicted octanol–water partition coefficient (Wildman–Crippen LogP) is 3.32. The van der Waals surface area contributed by atoms with E-state index in [0.717, 1.165) is 23.3 Å². The Balaban J connectivity index is 1.57. The number of aryl methyl sites for hydroxylation is 1. The zero-order valence-electron chi connectivity index (χ0n) is 12.4. The van der Waals surface area contributed by atoms with E-state index in [1.54, 1.807) is 0 Å². The van der Waals surface area contributed by atoms with Crippen LogP contribution in [0.25, 0.3) is 0 Å². The molecule has 0 bridgehead atoms. The van der Waals surface area contributed by atoms with Crippen LogP contribution in [0.4, 0.5) is 0 Å². The number of rotatable bonds is 4. The fourth-order valence-corrected chi connectivity index (χ4v) is 3.51. The summed E-state index contributed by atoms with van der Waals surface area (Å²) < 4.78 is 12.3. The number of benzene rings is 1. The molecule has 3 nitrogen and oxygen atoms in total. The molecular formula is C17H25NO2. The summed E-state index contributed by atoms with van der Waals surface area (Å²) in [6, 6.07) is 6.18. The van der Waals surface area contributed by atoms with Gasteiger partial charge >= 0.3 is 0 Å². The maximum atomic E-state index is 6.28. The van der Waals surface area contributed by atoms with E-state index < -0.39 is 0 Å². The topological polar surface area (TPSA) is 44.5 Å². The van der Waals surface area contributed by atoms with E-state index in [0.29, 0.717) is 13.2 Å². The zero-order chi connectivity index (χ0) is 14.0. The Bertz CT molecular complexity index is 466. The highest BCUT2D eigenvalue weighted by molar-refractivity contribution is 5.36. The Morgan fingerprint density at radius 1 is 1.30 bits per heavy atom. The lowest BCUT2D eigenvalue weighted by Crippen LogP contribution is -2.27. The van der Waals surface area contributed by atoms with Crippen molar-refractivity contribution in [2.75, 3.05) is 6.61 Å². The van der Waals surface area contributed by atoms with E-state index in [1.807, 2.05) is 0 Å². The van der Waals surface area contributed by atoms with Gasteiger partial charge in [-0.25, -0.2) is 0 Å². The van der Waals surface area contributed by atoms with E-state index >= 15 is 0 Å². The minimum Gasteiger partial charge on any atom is -0.491 e.